The fourth-order valence-corrected chi connectivity index (χ4v) is 7.88. The monoisotopic (exact) mass is 831 g/mol. The second kappa shape index (κ2) is 13.3. The molecule has 0 bridgehead atoms. The molecule has 0 N–H and O–H groups in total. The predicted molar refractivity (Wildman–Crippen MR) is 194 cm³/mol. The minimum Gasteiger partial charge on any atom is -0.509 e. The molecule has 0 saturated carbocycles. The zero-order chi connectivity index (χ0) is 33.9. The van der Waals surface area contributed by atoms with E-state index >= 15 is 0 Å². The zero-order valence-electron chi connectivity index (χ0n) is 29.8. The Morgan fingerprint density at radius 3 is 2.41 bits per heavy atom. The maximum absolute atomic E-state index is 6.57. The Balaban J connectivity index is 0.00000417. The van der Waals surface area contributed by atoms with Crippen molar-refractivity contribution < 1.29 is 30.5 Å². The summed E-state index contributed by atoms with van der Waals surface area (Å²) in [5, 5.41) is 7.39. The van der Waals surface area contributed by atoms with E-state index in [2.05, 4.69) is 118 Å². The third-order valence-electron chi connectivity index (χ3n) is 9.64. The minimum atomic E-state index is -0.140. The zero-order valence-corrected chi connectivity index (χ0v) is 32.1. The van der Waals surface area contributed by atoms with Crippen LogP contribution in [0.25, 0.3) is 33.3 Å². The summed E-state index contributed by atoms with van der Waals surface area (Å²) >= 11 is 0. The molecule has 7 rings (SSSR count). The van der Waals surface area contributed by atoms with Crippen molar-refractivity contribution in [2.45, 2.75) is 73.1 Å². The summed E-state index contributed by atoms with van der Waals surface area (Å²) in [4.78, 5) is 4.69. The molecule has 254 valence electrons. The Kier molecular flexibility index (Phi) is 9.41. The van der Waals surface area contributed by atoms with Gasteiger partial charge in [0.15, 0.2) is 0 Å². The number of nitrogens with zero attached hydrogens (tertiary/aromatic N) is 4. The molecule has 6 aromatic rings. The molecular weight excluding hydrogens is 788 g/mol. The van der Waals surface area contributed by atoms with Crippen molar-refractivity contribution in [3.63, 3.8) is 0 Å². The summed E-state index contributed by atoms with van der Waals surface area (Å²) < 4.78 is 16.3. The average molecular weight is 832 g/mol. The first-order chi connectivity index (χ1) is 22.9. The maximum Gasteiger partial charge on any atom is 2.00 e. The van der Waals surface area contributed by atoms with Crippen LogP contribution in [0.2, 0.25) is 0 Å². The molecule has 1 aliphatic carbocycles. The summed E-state index contributed by atoms with van der Waals surface area (Å²) in [5.41, 5.74) is 8.83. The molecule has 3 atom stereocenters. The number of aromatic nitrogens is 4. The van der Waals surface area contributed by atoms with Crippen molar-refractivity contribution in [3.05, 3.63) is 113 Å². The van der Waals surface area contributed by atoms with Crippen LogP contribution in [0.1, 0.15) is 76.4 Å². The van der Waals surface area contributed by atoms with Gasteiger partial charge in [-0.15, -0.1) is 35.7 Å². The molecular formula is C42H44N4O2Pt. The molecule has 0 amide bonds. The van der Waals surface area contributed by atoms with Gasteiger partial charge in [-0.05, 0) is 55.3 Å². The van der Waals surface area contributed by atoms with E-state index < -0.39 is 0 Å². The number of aryl methyl sites for hydroxylation is 2. The number of hydrogen-bond acceptors (Lipinski definition) is 4. The number of pyridine rings is 1. The van der Waals surface area contributed by atoms with Gasteiger partial charge in [-0.3, -0.25) is 4.68 Å². The maximum atomic E-state index is 6.57. The predicted octanol–water partition coefficient (Wildman–Crippen LogP) is 10.4. The van der Waals surface area contributed by atoms with Gasteiger partial charge in [0.2, 0.25) is 0 Å². The molecule has 1 aliphatic rings. The van der Waals surface area contributed by atoms with Crippen LogP contribution in [-0.4, -0.2) is 26.4 Å². The van der Waals surface area contributed by atoms with Crippen molar-refractivity contribution in [2.75, 3.05) is 7.11 Å². The normalized spacial score (nSPS) is 18.0. The van der Waals surface area contributed by atoms with E-state index in [1.54, 1.807) is 13.3 Å². The van der Waals surface area contributed by atoms with Crippen molar-refractivity contribution >= 4 is 21.8 Å². The third kappa shape index (κ3) is 6.36. The van der Waals surface area contributed by atoms with Crippen molar-refractivity contribution in [1.29, 1.82) is 0 Å². The van der Waals surface area contributed by atoms with Gasteiger partial charge in [-0.1, -0.05) is 76.9 Å². The number of benzene rings is 3. The Morgan fingerprint density at radius 2 is 1.67 bits per heavy atom. The van der Waals surface area contributed by atoms with E-state index in [-0.39, 0.29) is 26.5 Å². The summed E-state index contributed by atoms with van der Waals surface area (Å²) in [6, 6.07) is 27.5. The molecule has 0 spiro atoms. The smallest absolute Gasteiger partial charge is 0.509 e. The molecule has 3 aromatic heterocycles. The quantitative estimate of drug-likeness (QED) is 0.124. The standard InChI is InChI=1S/C42H44N4O2.Pt/c1-25-18-27(3)39(28(4)19-25)40-29(5)44-46(41(40)42(6,7)8)30-20-26(2)21-33(22-30)48-32-14-15-35-34-12-10-11-13-36(34)45(37(35)23-32)38-24-31(47-9)16-17-43-38;/h10-18,20-21,24-25,28,39H,19H2,1-9H3;/q-2;+2/t25-,28-,39?;/m0./s1. The van der Waals surface area contributed by atoms with Gasteiger partial charge in [0.25, 0.3) is 0 Å². The number of rotatable bonds is 6. The van der Waals surface area contributed by atoms with E-state index in [4.69, 9.17) is 14.6 Å². The Morgan fingerprint density at radius 1 is 0.898 bits per heavy atom. The summed E-state index contributed by atoms with van der Waals surface area (Å²) in [6.45, 7) is 18.1. The molecule has 6 nitrogen and oxygen atoms in total. The van der Waals surface area contributed by atoms with E-state index in [0.29, 0.717) is 29.3 Å². The first-order valence-corrected chi connectivity index (χ1v) is 16.9. The first-order valence-electron chi connectivity index (χ1n) is 16.9. The van der Waals surface area contributed by atoms with E-state index in [1.807, 2.05) is 30.3 Å². The first kappa shape index (κ1) is 34.7. The second-order valence-corrected chi connectivity index (χ2v) is 14.6. The van der Waals surface area contributed by atoms with E-state index in [1.165, 1.54) is 23.3 Å². The fourth-order valence-electron chi connectivity index (χ4n) is 7.88. The minimum absolute atomic E-state index is 0. The van der Waals surface area contributed by atoms with Crippen LogP contribution in [-0.2, 0) is 26.5 Å². The van der Waals surface area contributed by atoms with Crippen molar-refractivity contribution in [1.82, 2.24) is 19.3 Å². The average Bonchev–Trinajstić information content (AvgIpc) is 3.55. The number of ether oxygens (including phenoxy) is 2. The van der Waals surface area contributed by atoms with Crippen LogP contribution < -0.4 is 9.47 Å². The van der Waals surface area contributed by atoms with Crippen LogP contribution in [0.4, 0.5) is 0 Å². The van der Waals surface area contributed by atoms with Gasteiger partial charge >= 0.3 is 21.1 Å². The Labute approximate surface area is 304 Å². The van der Waals surface area contributed by atoms with Gasteiger partial charge in [-0.2, -0.15) is 16.7 Å². The fraction of sp³-hybridized carbons (Fsp3) is 0.333. The summed E-state index contributed by atoms with van der Waals surface area (Å²) in [6.07, 6.45) is 5.40. The van der Waals surface area contributed by atoms with Gasteiger partial charge < -0.3 is 14.0 Å². The van der Waals surface area contributed by atoms with E-state index in [9.17, 15) is 0 Å². The number of methoxy groups -OCH3 is 1. The molecule has 0 fully saturated rings. The topological polar surface area (TPSA) is 54.1 Å². The number of para-hydroxylation sites is 1. The van der Waals surface area contributed by atoms with Gasteiger partial charge in [-0.25, -0.2) is 4.98 Å². The molecule has 0 aliphatic heterocycles. The Bertz CT molecular complexity index is 2200. The SMILES string of the molecule is COc1ccnc(-n2c3[c-]c(Oc4[c-]c(-n5nc(C)c(C6C(C)=C[C@H](C)C[C@@H]6C)c5C(C)(C)C)cc(C)c4)ccc3c3ccccc32)c1.[Pt+2]. The second-order valence-electron chi connectivity index (χ2n) is 14.6. The molecule has 0 saturated heterocycles. The largest absolute Gasteiger partial charge is 2.00 e. The van der Waals surface area contributed by atoms with Crippen LogP contribution in [0.15, 0.2) is 78.5 Å². The van der Waals surface area contributed by atoms with Crippen molar-refractivity contribution in [2.24, 2.45) is 11.8 Å². The van der Waals surface area contributed by atoms with Crippen LogP contribution in [0, 0.1) is 37.8 Å². The Hall–Kier alpha value is -4.15. The number of allylic oxidation sites excluding steroid dienone is 2. The summed E-state index contributed by atoms with van der Waals surface area (Å²) in [5.74, 6) is 4.19. The molecule has 49 heavy (non-hydrogen) atoms. The van der Waals surface area contributed by atoms with Crippen LogP contribution >= 0.6 is 0 Å². The molecule has 0 radical (unpaired) electrons. The van der Waals surface area contributed by atoms with Gasteiger partial charge in [0.05, 0.1) is 18.5 Å². The number of fused-ring (bicyclic) bond motifs is 3. The van der Waals surface area contributed by atoms with Crippen LogP contribution in [0.5, 0.6) is 17.2 Å². The molecule has 3 aromatic carbocycles. The summed E-state index contributed by atoms with van der Waals surface area (Å²) in [7, 11) is 1.67. The van der Waals surface area contributed by atoms with Crippen LogP contribution in [0.3, 0.4) is 0 Å². The molecule has 1 unspecified atom stereocenters. The van der Waals surface area contributed by atoms with E-state index in [0.717, 1.165) is 50.3 Å². The third-order valence-corrected chi connectivity index (χ3v) is 9.64. The van der Waals surface area contributed by atoms with Gasteiger partial charge in [0, 0.05) is 46.2 Å². The van der Waals surface area contributed by atoms with Crippen molar-refractivity contribution in [3.8, 4) is 28.8 Å². The molecule has 7 heteroatoms. The number of hydrogen-bond donors (Lipinski definition) is 0. The molecule has 3 heterocycles. The van der Waals surface area contributed by atoms with Gasteiger partial charge in [0.1, 0.15) is 11.6 Å².